The van der Waals surface area contributed by atoms with E-state index in [1.165, 1.54) is 11.3 Å². The van der Waals surface area contributed by atoms with E-state index < -0.39 is 5.92 Å². The van der Waals surface area contributed by atoms with Gasteiger partial charge in [-0.2, -0.15) is 0 Å². The van der Waals surface area contributed by atoms with Gasteiger partial charge in [-0.15, -0.1) is 10.2 Å². The average Bonchev–Trinajstić information content (AvgIpc) is 3.28. The molecule has 0 saturated carbocycles. The molecule has 2 aromatic rings. The Hall–Kier alpha value is -2.48. The fraction of sp³-hybridized carbons (Fsp3) is 0.474. The van der Waals surface area contributed by atoms with Crippen LogP contribution in [0.25, 0.3) is 0 Å². The first-order valence-corrected chi connectivity index (χ1v) is 10.00. The van der Waals surface area contributed by atoms with Crippen LogP contribution in [0.3, 0.4) is 0 Å². The highest BCUT2D eigenvalue weighted by Gasteiger charge is 2.35. The van der Waals surface area contributed by atoms with Gasteiger partial charge >= 0.3 is 0 Å². The van der Waals surface area contributed by atoms with E-state index in [0.717, 1.165) is 42.1 Å². The van der Waals surface area contributed by atoms with Crippen molar-refractivity contribution in [1.29, 1.82) is 0 Å². The van der Waals surface area contributed by atoms with Crippen molar-refractivity contribution in [3.05, 3.63) is 29.3 Å². The lowest BCUT2D eigenvalue weighted by atomic mass is 10.1. The number of anilines is 2. The summed E-state index contributed by atoms with van der Waals surface area (Å²) in [6.07, 6.45) is 4.47. The molecule has 0 radical (unpaired) electrons. The van der Waals surface area contributed by atoms with Crippen LogP contribution in [0, 0.1) is 5.92 Å². The first kappa shape index (κ1) is 19.3. The Morgan fingerprint density at radius 2 is 2.07 bits per heavy atom. The minimum absolute atomic E-state index is 0.0576. The standard InChI is InChI=1S/C19H24N4O3S/c1-3-4-5-6-16-21-22-19(27-16)20-18(25)13-11-17(24)23(12-13)14-7-9-15(26-2)10-8-14/h7-10,13H,3-6,11-12H2,1-2H3,(H,20,22,25). The molecule has 1 fully saturated rings. The fourth-order valence-corrected chi connectivity index (χ4v) is 3.82. The van der Waals surface area contributed by atoms with Gasteiger partial charge in [0, 0.05) is 25.1 Å². The highest BCUT2D eigenvalue weighted by Crippen LogP contribution is 2.28. The van der Waals surface area contributed by atoms with Crippen LogP contribution in [-0.2, 0) is 16.0 Å². The number of carbonyl (C=O) groups is 2. The molecule has 2 amide bonds. The molecule has 1 saturated heterocycles. The van der Waals surface area contributed by atoms with Crippen molar-refractivity contribution in [1.82, 2.24) is 10.2 Å². The average molecular weight is 388 g/mol. The molecule has 3 rings (SSSR count). The van der Waals surface area contributed by atoms with Gasteiger partial charge in [0.2, 0.25) is 16.9 Å². The van der Waals surface area contributed by atoms with Gasteiger partial charge in [-0.1, -0.05) is 31.1 Å². The molecule has 1 N–H and O–H groups in total. The summed E-state index contributed by atoms with van der Waals surface area (Å²) in [5, 5.41) is 12.4. The summed E-state index contributed by atoms with van der Waals surface area (Å²) in [6.45, 7) is 2.52. The van der Waals surface area contributed by atoms with Crippen molar-refractivity contribution in [2.75, 3.05) is 23.9 Å². The summed E-state index contributed by atoms with van der Waals surface area (Å²) in [4.78, 5) is 26.5. The largest absolute Gasteiger partial charge is 0.497 e. The van der Waals surface area contributed by atoms with Gasteiger partial charge in [0.05, 0.1) is 13.0 Å². The van der Waals surface area contributed by atoms with E-state index in [-0.39, 0.29) is 18.2 Å². The zero-order chi connectivity index (χ0) is 19.2. The molecule has 7 nitrogen and oxygen atoms in total. The molecule has 2 heterocycles. The number of hydrogen-bond acceptors (Lipinski definition) is 6. The smallest absolute Gasteiger partial charge is 0.231 e. The number of unbranched alkanes of at least 4 members (excludes halogenated alkanes) is 2. The van der Waals surface area contributed by atoms with Crippen LogP contribution >= 0.6 is 11.3 Å². The number of rotatable bonds is 8. The predicted molar refractivity (Wildman–Crippen MR) is 105 cm³/mol. The van der Waals surface area contributed by atoms with E-state index in [9.17, 15) is 9.59 Å². The molecule has 144 valence electrons. The number of benzene rings is 1. The van der Waals surface area contributed by atoms with E-state index in [2.05, 4.69) is 22.4 Å². The van der Waals surface area contributed by atoms with Gasteiger partial charge in [0.25, 0.3) is 0 Å². The number of aryl methyl sites for hydroxylation is 1. The normalized spacial score (nSPS) is 16.6. The lowest BCUT2D eigenvalue weighted by Gasteiger charge is -2.16. The van der Waals surface area contributed by atoms with E-state index in [1.807, 2.05) is 12.1 Å². The van der Waals surface area contributed by atoms with E-state index in [1.54, 1.807) is 24.1 Å². The van der Waals surface area contributed by atoms with Gasteiger partial charge in [-0.3, -0.25) is 9.59 Å². The van der Waals surface area contributed by atoms with Crippen molar-refractivity contribution >= 4 is 34.0 Å². The Balaban J connectivity index is 1.57. The Kier molecular flexibility index (Phi) is 6.39. The molecule has 1 aromatic carbocycles. The number of nitrogens with zero attached hydrogens (tertiary/aromatic N) is 3. The van der Waals surface area contributed by atoms with Crippen LogP contribution in [0.5, 0.6) is 5.75 Å². The first-order chi connectivity index (χ1) is 13.1. The summed E-state index contributed by atoms with van der Waals surface area (Å²) in [5.74, 6) is 0.0891. The first-order valence-electron chi connectivity index (χ1n) is 9.18. The second-order valence-corrected chi connectivity index (χ2v) is 7.61. The van der Waals surface area contributed by atoms with E-state index >= 15 is 0 Å². The number of aromatic nitrogens is 2. The molecule has 27 heavy (non-hydrogen) atoms. The number of nitrogens with one attached hydrogen (secondary N) is 1. The lowest BCUT2D eigenvalue weighted by molar-refractivity contribution is -0.122. The highest BCUT2D eigenvalue weighted by molar-refractivity contribution is 7.15. The lowest BCUT2D eigenvalue weighted by Crippen LogP contribution is -2.28. The zero-order valence-corrected chi connectivity index (χ0v) is 16.4. The van der Waals surface area contributed by atoms with E-state index in [0.29, 0.717) is 11.7 Å². The van der Waals surface area contributed by atoms with Gasteiger partial charge in [-0.25, -0.2) is 0 Å². The number of amides is 2. The van der Waals surface area contributed by atoms with Crippen molar-refractivity contribution < 1.29 is 14.3 Å². The minimum atomic E-state index is -0.396. The van der Waals surface area contributed by atoms with Crippen molar-refractivity contribution in [2.45, 2.75) is 39.0 Å². The Morgan fingerprint density at radius 3 is 2.78 bits per heavy atom. The highest BCUT2D eigenvalue weighted by atomic mass is 32.1. The molecule has 1 atom stereocenters. The van der Waals surface area contributed by atoms with Crippen LogP contribution in [-0.4, -0.2) is 35.7 Å². The summed E-state index contributed by atoms with van der Waals surface area (Å²) in [6, 6.07) is 7.25. The summed E-state index contributed by atoms with van der Waals surface area (Å²) in [7, 11) is 1.60. The second kappa shape index (κ2) is 8.94. The van der Waals surface area contributed by atoms with Crippen molar-refractivity contribution in [3.63, 3.8) is 0 Å². The van der Waals surface area contributed by atoms with Crippen LogP contribution in [0.2, 0.25) is 0 Å². The molecule has 1 unspecified atom stereocenters. The molecule has 1 aliphatic heterocycles. The predicted octanol–water partition coefficient (Wildman–Crippen LogP) is 3.27. The van der Waals surface area contributed by atoms with Crippen molar-refractivity contribution in [3.8, 4) is 5.75 Å². The fourth-order valence-electron chi connectivity index (χ4n) is 3.03. The maximum Gasteiger partial charge on any atom is 0.231 e. The number of ether oxygens (including phenoxy) is 1. The van der Waals surface area contributed by atoms with E-state index in [4.69, 9.17) is 4.74 Å². The summed E-state index contributed by atoms with van der Waals surface area (Å²) >= 11 is 1.41. The Bertz CT molecular complexity index is 791. The summed E-state index contributed by atoms with van der Waals surface area (Å²) < 4.78 is 5.14. The molecular weight excluding hydrogens is 364 g/mol. The maximum atomic E-state index is 12.5. The maximum absolute atomic E-state index is 12.5. The molecule has 0 bridgehead atoms. The number of carbonyl (C=O) groups excluding carboxylic acids is 2. The van der Waals surface area contributed by atoms with Crippen LogP contribution in [0.4, 0.5) is 10.8 Å². The topological polar surface area (TPSA) is 84.4 Å². The molecule has 8 heteroatoms. The molecule has 0 aliphatic carbocycles. The Labute approximate surface area is 162 Å². The SMILES string of the molecule is CCCCCc1nnc(NC(=O)C2CC(=O)N(c3ccc(OC)cc3)C2)s1. The van der Waals surface area contributed by atoms with Gasteiger partial charge in [0.15, 0.2) is 0 Å². The minimum Gasteiger partial charge on any atom is -0.497 e. The second-order valence-electron chi connectivity index (χ2n) is 6.55. The third-order valence-electron chi connectivity index (χ3n) is 4.57. The van der Waals surface area contributed by atoms with Crippen molar-refractivity contribution in [2.24, 2.45) is 5.92 Å². The molecule has 1 aliphatic rings. The van der Waals surface area contributed by atoms with Crippen LogP contribution in [0.15, 0.2) is 24.3 Å². The third-order valence-corrected chi connectivity index (χ3v) is 5.47. The zero-order valence-electron chi connectivity index (χ0n) is 15.6. The van der Waals surface area contributed by atoms with Gasteiger partial charge in [0.1, 0.15) is 10.8 Å². The van der Waals surface area contributed by atoms with Gasteiger partial charge < -0.3 is 15.0 Å². The molecule has 0 spiro atoms. The number of hydrogen-bond donors (Lipinski definition) is 1. The molecule has 1 aromatic heterocycles. The Morgan fingerprint density at radius 1 is 1.30 bits per heavy atom. The van der Waals surface area contributed by atoms with Crippen LogP contribution in [0.1, 0.15) is 37.6 Å². The quantitative estimate of drug-likeness (QED) is 0.702. The molecular formula is C19H24N4O3S. The monoisotopic (exact) mass is 388 g/mol. The third kappa shape index (κ3) is 4.82. The number of methoxy groups -OCH3 is 1. The van der Waals surface area contributed by atoms with Gasteiger partial charge in [-0.05, 0) is 30.7 Å². The summed E-state index contributed by atoms with van der Waals surface area (Å²) in [5.41, 5.74) is 0.769. The van der Waals surface area contributed by atoms with Crippen LogP contribution < -0.4 is 15.0 Å².